The van der Waals surface area contributed by atoms with E-state index >= 15 is 0 Å². The van der Waals surface area contributed by atoms with Crippen molar-refractivity contribution in [3.63, 3.8) is 0 Å². The zero-order chi connectivity index (χ0) is 26.5. The van der Waals surface area contributed by atoms with E-state index in [1.807, 2.05) is 6.08 Å². The number of amides is 1. The molecular formula is C32H59NO3. The van der Waals surface area contributed by atoms with E-state index in [-0.39, 0.29) is 12.5 Å². The number of aliphatic hydroxyl groups excluding tert-OH is 2. The maximum absolute atomic E-state index is 12.2. The molecule has 0 unspecified atom stereocenters. The molecule has 2 atom stereocenters. The summed E-state index contributed by atoms with van der Waals surface area (Å²) in [6.07, 6.45) is 35.0. The van der Waals surface area contributed by atoms with Crippen LogP contribution in [-0.2, 0) is 4.79 Å². The Balaban J connectivity index is 3.76. The zero-order valence-corrected chi connectivity index (χ0v) is 23.8. The van der Waals surface area contributed by atoms with Gasteiger partial charge in [-0.2, -0.15) is 0 Å². The third kappa shape index (κ3) is 24.3. The Bertz CT molecular complexity index is 556. The van der Waals surface area contributed by atoms with Crippen LogP contribution in [0, 0.1) is 0 Å². The zero-order valence-electron chi connectivity index (χ0n) is 23.8. The molecule has 4 nitrogen and oxygen atoms in total. The van der Waals surface area contributed by atoms with Crippen LogP contribution in [0.25, 0.3) is 0 Å². The highest BCUT2D eigenvalue weighted by Crippen LogP contribution is 2.10. The van der Waals surface area contributed by atoms with E-state index in [1.54, 1.807) is 6.08 Å². The quantitative estimate of drug-likeness (QED) is 0.0817. The van der Waals surface area contributed by atoms with Crippen molar-refractivity contribution in [3.8, 4) is 0 Å². The van der Waals surface area contributed by atoms with Crippen LogP contribution in [0.15, 0.2) is 36.5 Å². The van der Waals surface area contributed by atoms with Gasteiger partial charge in [-0.1, -0.05) is 115 Å². The minimum Gasteiger partial charge on any atom is -0.394 e. The topological polar surface area (TPSA) is 69.6 Å². The molecule has 1 amide bonds. The van der Waals surface area contributed by atoms with Gasteiger partial charge in [0, 0.05) is 6.42 Å². The number of hydrogen-bond donors (Lipinski definition) is 3. The Morgan fingerprint density at radius 2 is 1.08 bits per heavy atom. The third-order valence-corrected chi connectivity index (χ3v) is 6.60. The van der Waals surface area contributed by atoms with Gasteiger partial charge in [0.1, 0.15) is 0 Å². The summed E-state index contributed by atoms with van der Waals surface area (Å²) in [4.78, 5) is 12.2. The second-order valence-electron chi connectivity index (χ2n) is 10.2. The van der Waals surface area contributed by atoms with Gasteiger partial charge >= 0.3 is 0 Å². The number of hydrogen-bond acceptors (Lipinski definition) is 3. The molecule has 0 aliphatic rings. The van der Waals surface area contributed by atoms with E-state index in [1.165, 1.54) is 77.0 Å². The number of nitrogens with one attached hydrogen (secondary N) is 1. The van der Waals surface area contributed by atoms with E-state index in [2.05, 4.69) is 43.5 Å². The van der Waals surface area contributed by atoms with Gasteiger partial charge in [-0.3, -0.25) is 4.79 Å². The van der Waals surface area contributed by atoms with Crippen molar-refractivity contribution in [3.05, 3.63) is 36.5 Å². The van der Waals surface area contributed by atoms with Crippen LogP contribution in [0.3, 0.4) is 0 Å². The first-order valence-electron chi connectivity index (χ1n) is 15.2. The summed E-state index contributed by atoms with van der Waals surface area (Å²) in [6.45, 7) is 4.22. The van der Waals surface area contributed by atoms with E-state index < -0.39 is 12.1 Å². The Labute approximate surface area is 223 Å². The molecular weight excluding hydrogens is 446 g/mol. The third-order valence-electron chi connectivity index (χ3n) is 6.60. The van der Waals surface area contributed by atoms with Gasteiger partial charge in [0.25, 0.3) is 0 Å². The summed E-state index contributed by atoms with van der Waals surface area (Å²) < 4.78 is 0. The number of aliphatic hydroxyl groups is 2. The first-order chi connectivity index (χ1) is 17.7. The molecule has 0 saturated heterocycles. The van der Waals surface area contributed by atoms with Crippen LogP contribution < -0.4 is 5.32 Å². The standard InChI is InChI=1S/C32H59NO3/c1-3-5-7-9-11-13-15-16-18-20-22-24-26-28-32(36)33-30(29-34)31(35)27-25-23-21-19-17-14-12-10-8-6-4-2/h13,15,17,19,25,27,30-31,34-35H,3-12,14,16,18,20-24,26,28-29H2,1-2H3,(H,33,36)/b15-13+,19-17+,27-25+/t30-,31+/m0/s1. The first-order valence-corrected chi connectivity index (χ1v) is 15.2. The van der Waals surface area contributed by atoms with E-state index in [0.717, 1.165) is 44.9 Å². The monoisotopic (exact) mass is 505 g/mol. The number of unbranched alkanes of at least 4 members (excludes halogenated alkanes) is 15. The molecule has 3 N–H and O–H groups in total. The Morgan fingerprint density at radius 1 is 0.639 bits per heavy atom. The van der Waals surface area contributed by atoms with E-state index in [4.69, 9.17) is 0 Å². The van der Waals surface area contributed by atoms with E-state index in [9.17, 15) is 15.0 Å². The molecule has 0 aromatic carbocycles. The largest absolute Gasteiger partial charge is 0.394 e. The first kappa shape index (κ1) is 34.6. The predicted octanol–water partition coefficient (Wildman–Crippen LogP) is 8.33. The van der Waals surface area contributed by atoms with Gasteiger partial charge in [0.15, 0.2) is 0 Å². The van der Waals surface area contributed by atoms with Crippen molar-refractivity contribution in [2.24, 2.45) is 0 Å². The smallest absolute Gasteiger partial charge is 0.220 e. The molecule has 0 rings (SSSR count). The van der Waals surface area contributed by atoms with Crippen LogP contribution in [0.4, 0.5) is 0 Å². The second-order valence-corrected chi connectivity index (χ2v) is 10.2. The summed E-state index contributed by atoms with van der Waals surface area (Å²) in [6, 6.07) is -0.638. The van der Waals surface area contributed by atoms with Crippen molar-refractivity contribution in [2.45, 2.75) is 154 Å². The SMILES string of the molecule is CCCCCC/C=C/CCCCCCCC(=O)N[C@@H](CO)[C@H](O)/C=C/CC/C=C/CCCCCCC. The van der Waals surface area contributed by atoms with Crippen molar-refractivity contribution < 1.29 is 15.0 Å². The number of rotatable bonds is 26. The van der Waals surface area contributed by atoms with Gasteiger partial charge in [0.05, 0.1) is 18.8 Å². The lowest BCUT2D eigenvalue weighted by Crippen LogP contribution is -2.45. The molecule has 0 fully saturated rings. The summed E-state index contributed by atoms with van der Waals surface area (Å²) in [5, 5.41) is 22.7. The minimum absolute atomic E-state index is 0.0885. The Kier molecular flexibility index (Phi) is 27.1. The van der Waals surface area contributed by atoms with Crippen molar-refractivity contribution >= 4 is 5.91 Å². The predicted molar refractivity (Wildman–Crippen MR) is 156 cm³/mol. The van der Waals surface area contributed by atoms with Crippen molar-refractivity contribution in [2.75, 3.05) is 6.61 Å². The number of carbonyl (C=O) groups excluding carboxylic acids is 1. The molecule has 0 bridgehead atoms. The lowest BCUT2D eigenvalue weighted by Gasteiger charge is -2.19. The molecule has 36 heavy (non-hydrogen) atoms. The van der Waals surface area contributed by atoms with Gasteiger partial charge in [0.2, 0.25) is 5.91 Å². The molecule has 0 aliphatic heterocycles. The number of allylic oxidation sites excluding steroid dienone is 5. The normalized spacial score (nSPS) is 13.8. The fraction of sp³-hybridized carbons (Fsp3) is 0.781. The molecule has 210 valence electrons. The van der Waals surface area contributed by atoms with Crippen LogP contribution in [0.2, 0.25) is 0 Å². The summed E-state index contributed by atoms with van der Waals surface area (Å²) in [5.41, 5.74) is 0. The minimum atomic E-state index is -0.860. The van der Waals surface area contributed by atoms with Gasteiger partial charge in [-0.25, -0.2) is 0 Å². The maximum Gasteiger partial charge on any atom is 0.220 e. The van der Waals surface area contributed by atoms with Crippen molar-refractivity contribution in [1.82, 2.24) is 5.32 Å². The van der Waals surface area contributed by atoms with Gasteiger partial charge in [-0.05, 0) is 57.8 Å². The molecule has 0 aromatic rings. The van der Waals surface area contributed by atoms with Crippen LogP contribution >= 0.6 is 0 Å². The van der Waals surface area contributed by atoms with Gasteiger partial charge in [-0.15, -0.1) is 0 Å². The lowest BCUT2D eigenvalue weighted by molar-refractivity contribution is -0.123. The molecule has 4 heteroatoms. The van der Waals surface area contributed by atoms with Crippen molar-refractivity contribution in [1.29, 1.82) is 0 Å². The van der Waals surface area contributed by atoms with Crippen LogP contribution in [0.1, 0.15) is 142 Å². The molecule has 0 aliphatic carbocycles. The fourth-order valence-electron chi connectivity index (χ4n) is 4.18. The summed E-state index contributed by atoms with van der Waals surface area (Å²) >= 11 is 0. The van der Waals surface area contributed by atoms with Crippen LogP contribution in [-0.4, -0.2) is 34.9 Å². The van der Waals surface area contributed by atoms with E-state index in [0.29, 0.717) is 6.42 Å². The second kappa shape index (κ2) is 28.2. The molecule has 0 spiro atoms. The fourth-order valence-corrected chi connectivity index (χ4v) is 4.18. The highest BCUT2D eigenvalue weighted by atomic mass is 16.3. The van der Waals surface area contributed by atoms with Crippen LogP contribution in [0.5, 0.6) is 0 Å². The lowest BCUT2D eigenvalue weighted by atomic mass is 10.1. The summed E-state index contributed by atoms with van der Waals surface area (Å²) in [5.74, 6) is -0.0885. The molecule has 0 heterocycles. The Hall–Kier alpha value is -1.39. The van der Waals surface area contributed by atoms with Gasteiger partial charge < -0.3 is 15.5 Å². The highest BCUT2D eigenvalue weighted by molar-refractivity contribution is 5.76. The highest BCUT2D eigenvalue weighted by Gasteiger charge is 2.17. The molecule has 0 saturated carbocycles. The average Bonchev–Trinajstić information content (AvgIpc) is 2.88. The average molecular weight is 506 g/mol. The maximum atomic E-state index is 12.2. The summed E-state index contributed by atoms with van der Waals surface area (Å²) in [7, 11) is 0. The molecule has 0 aromatic heterocycles. The number of carbonyl (C=O) groups is 1. The molecule has 0 radical (unpaired) electrons. The Morgan fingerprint density at radius 3 is 1.64 bits per heavy atom.